The van der Waals surface area contributed by atoms with E-state index in [1.165, 1.54) is 0 Å². The maximum absolute atomic E-state index is 9.36. The molecule has 3 nitrogen and oxygen atoms in total. The van der Waals surface area contributed by atoms with Gasteiger partial charge in [-0.05, 0) is 33.6 Å². The molecule has 92 valence electrons. The lowest BCUT2D eigenvalue weighted by Gasteiger charge is -2.31. The molecule has 0 aromatic rings. The minimum absolute atomic E-state index is 0.0297. The fourth-order valence-electron chi connectivity index (χ4n) is 0.657. The van der Waals surface area contributed by atoms with Crippen LogP contribution in [-0.4, -0.2) is 24.1 Å². The fraction of sp³-hybridized carbons (Fsp3) is 1.00. The first-order valence-corrected chi connectivity index (χ1v) is 5.77. The topological polar surface area (TPSA) is 38.7 Å². The van der Waals surface area contributed by atoms with E-state index in [0.29, 0.717) is 5.92 Å². The molecule has 0 rings (SSSR count). The van der Waals surface area contributed by atoms with E-state index < -0.39 is 7.32 Å². The van der Waals surface area contributed by atoms with Crippen LogP contribution in [0.4, 0.5) is 0 Å². The summed E-state index contributed by atoms with van der Waals surface area (Å²) in [5.74, 6) is 0.331. The van der Waals surface area contributed by atoms with Gasteiger partial charge in [-0.1, -0.05) is 27.7 Å². The van der Waals surface area contributed by atoms with Crippen LogP contribution in [0.15, 0.2) is 0 Å². The van der Waals surface area contributed by atoms with Crippen LogP contribution >= 0.6 is 0 Å². The molecule has 0 spiro atoms. The molecule has 0 aliphatic carbocycles. The molecule has 0 heterocycles. The first-order chi connectivity index (χ1) is 6.75. The first kappa shape index (κ1) is 17.3. The normalized spacial score (nSPS) is 11.4. The molecule has 0 saturated carbocycles. The van der Waals surface area contributed by atoms with Crippen molar-refractivity contribution in [2.75, 3.05) is 0 Å². The van der Waals surface area contributed by atoms with Crippen LogP contribution in [-0.2, 0) is 9.31 Å². The van der Waals surface area contributed by atoms with Crippen LogP contribution in [0.1, 0.15) is 55.4 Å². The quantitative estimate of drug-likeness (QED) is 0.721. The Bertz CT molecular complexity index is 147. The second-order valence-corrected chi connectivity index (χ2v) is 4.37. The molecular weight excluding hydrogens is 191 g/mol. The molecule has 0 amide bonds. The Balaban J connectivity index is 0. The summed E-state index contributed by atoms with van der Waals surface area (Å²) >= 11 is 0. The molecule has 0 aliphatic heterocycles. The predicted octanol–water partition coefficient (Wildman–Crippen LogP) is 2.87. The number of hydrogen-bond acceptors (Lipinski definition) is 3. The Morgan fingerprint density at radius 3 is 1.73 bits per heavy atom. The third-order valence-corrected chi connectivity index (χ3v) is 2.18. The molecule has 0 bridgehead atoms. The summed E-state index contributed by atoms with van der Waals surface area (Å²) in [6.07, 6.45) is -0.0297. The first-order valence-electron chi connectivity index (χ1n) is 5.77. The molecule has 0 aromatic carbocycles. The minimum atomic E-state index is -1.13. The van der Waals surface area contributed by atoms with E-state index in [2.05, 4.69) is 0 Å². The third kappa shape index (κ3) is 8.91. The zero-order valence-corrected chi connectivity index (χ0v) is 11.5. The van der Waals surface area contributed by atoms with Crippen molar-refractivity contribution < 1.29 is 14.3 Å². The summed E-state index contributed by atoms with van der Waals surface area (Å²) in [6.45, 7) is 15.7. The highest BCUT2D eigenvalue weighted by molar-refractivity contribution is 6.34. The smallest absolute Gasteiger partial charge is 0.402 e. The van der Waals surface area contributed by atoms with Gasteiger partial charge >= 0.3 is 7.32 Å². The van der Waals surface area contributed by atoms with Crippen molar-refractivity contribution in [1.29, 1.82) is 0 Å². The van der Waals surface area contributed by atoms with Crippen LogP contribution < -0.4 is 0 Å². The number of rotatable bonds is 5. The second kappa shape index (κ2) is 8.14. The maximum atomic E-state index is 9.36. The van der Waals surface area contributed by atoms with E-state index in [1.807, 2.05) is 55.4 Å². The van der Waals surface area contributed by atoms with Crippen molar-refractivity contribution in [3.05, 3.63) is 0 Å². The standard InChI is InChI=1S/C9H21BO3.C2H6/c1-7(2)9(5,6)13-10(11)12-8(3)4;1-2/h7-8,11H,1-6H3;1-2H3. The van der Waals surface area contributed by atoms with Crippen molar-refractivity contribution in [2.24, 2.45) is 5.92 Å². The Kier molecular flexibility index (Phi) is 9.41. The molecule has 0 aromatic heterocycles. The lowest BCUT2D eigenvalue weighted by molar-refractivity contribution is -0.00970. The summed E-state index contributed by atoms with van der Waals surface area (Å²) in [4.78, 5) is 0. The summed E-state index contributed by atoms with van der Waals surface area (Å²) < 4.78 is 10.4. The molecular formula is C11H27BO3. The lowest BCUT2D eigenvalue weighted by Crippen LogP contribution is -2.40. The SMILES string of the molecule is CC.CC(C)OB(O)OC(C)(C)C(C)C. The third-order valence-electron chi connectivity index (χ3n) is 2.18. The van der Waals surface area contributed by atoms with E-state index >= 15 is 0 Å². The summed E-state index contributed by atoms with van der Waals surface area (Å²) in [6, 6.07) is 0. The molecule has 0 aliphatic rings. The van der Waals surface area contributed by atoms with Gasteiger partial charge in [0.15, 0.2) is 0 Å². The van der Waals surface area contributed by atoms with Crippen molar-refractivity contribution in [3.8, 4) is 0 Å². The van der Waals surface area contributed by atoms with Gasteiger partial charge in [-0.2, -0.15) is 0 Å². The second-order valence-electron chi connectivity index (χ2n) is 4.37. The van der Waals surface area contributed by atoms with Gasteiger partial charge < -0.3 is 14.3 Å². The molecule has 0 saturated heterocycles. The van der Waals surface area contributed by atoms with Gasteiger partial charge in [-0.25, -0.2) is 0 Å². The maximum Gasteiger partial charge on any atom is 0.637 e. The van der Waals surface area contributed by atoms with Crippen LogP contribution in [0.2, 0.25) is 0 Å². The molecule has 0 unspecified atom stereocenters. The molecule has 0 fully saturated rings. The predicted molar refractivity (Wildman–Crippen MR) is 65.5 cm³/mol. The Morgan fingerprint density at radius 1 is 1.07 bits per heavy atom. The highest BCUT2D eigenvalue weighted by Gasteiger charge is 2.31. The van der Waals surface area contributed by atoms with Gasteiger partial charge in [0.25, 0.3) is 0 Å². The van der Waals surface area contributed by atoms with Gasteiger partial charge in [0, 0.05) is 6.10 Å². The molecule has 4 heteroatoms. The van der Waals surface area contributed by atoms with Gasteiger partial charge in [-0.3, -0.25) is 0 Å². The Labute approximate surface area is 95.3 Å². The zero-order valence-electron chi connectivity index (χ0n) is 11.5. The van der Waals surface area contributed by atoms with E-state index in [-0.39, 0.29) is 11.7 Å². The van der Waals surface area contributed by atoms with Gasteiger partial charge in [0.2, 0.25) is 0 Å². The molecule has 15 heavy (non-hydrogen) atoms. The van der Waals surface area contributed by atoms with Crippen molar-refractivity contribution in [1.82, 2.24) is 0 Å². The van der Waals surface area contributed by atoms with E-state index in [1.54, 1.807) is 0 Å². The highest BCUT2D eigenvalue weighted by atomic mass is 16.7. The summed E-state index contributed by atoms with van der Waals surface area (Å²) in [7, 11) is -1.13. The van der Waals surface area contributed by atoms with Gasteiger partial charge in [-0.15, -0.1) is 0 Å². The van der Waals surface area contributed by atoms with Crippen LogP contribution in [0.3, 0.4) is 0 Å². The minimum Gasteiger partial charge on any atom is -0.402 e. The Hall–Kier alpha value is -0.0551. The summed E-state index contributed by atoms with van der Waals surface area (Å²) in [5.41, 5.74) is -0.367. The molecule has 1 N–H and O–H groups in total. The van der Waals surface area contributed by atoms with E-state index in [4.69, 9.17) is 9.31 Å². The Morgan fingerprint density at radius 2 is 1.47 bits per heavy atom. The highest BCUT2D eigenvalue weighted by Crippen LogP contribution is 2.21. The lowest BCUT2D eigenvalue weighted by atomic mass is 9.93. The monoisotopic (exact) mass is 218 g/mol. The number of hydrogen-bond donors (Lipinski definition) is 1. The van der Waals surface area contributed by atoms with Crippen LogP contribution in [0, 0.1) is 5.92 Å². The summed E-state index contributed by atoms with van der Waals surface area (Å²) in [5, 5.41) is 9.36. The van der Waals surface area contributed by atoms with Crippen molar-refractivity contribution in [3.63, 3.8) is 0 Å². The average Bonchev–Trinajstić information content (AvgIpc) is 2.04. The van der Waals surface area contributed by atoms with Gasteiger partial charge in [0.1, 0.15) is 0 Å². The van der Waals surface area contributed by atoms with Crippen LogP contribution in [0.25, 0.3) is 0 Å². The largest absolute Gasteiger partial charge is 0.637 e. The van der Waals surface area contributed by atoms with E-state index in [0.717, 1.165) is 0 Å². The fourth-order valence-corrected chi connectivity index (χ4v) is 0.657. The van der Waals surface area contributed by atoms with Crippen molar-refractivity contribution >= 4 is 7.32 Å². The molecule has 0 radical (unpaired) electrons. The van der Waals surface area contributed by atoms with Crippen molar-refractivity contribution in [2.45, 2.75) is 67.1 Å². The van der Waals surface area contributed by atoms with E-state index in [9.17, 15) is 5.02 Å². The average molecular weight is 218 g/mol. The van der Waals surface area contributed by atoms with Gasteiger partial charge in [0.05, 0.1) is 5.60 Å². The van der Waals surface area contributed by atoms with Crippen LogP contribution in [0.5, 0.6) is 0 Å². The zero-order chi connectivity index (χ0) is 12.6. The molecule has 0 atom stereocenters.